The average Bonchev–Trinajstić information content (AvgIpc) is 2.47. The summed E-state index contributed by atoms with van der Waals surface area (Å²) in [6.45, 7) is 0. The summed E-state index contributed by atoms with van der Waals surface area (Å²) in [5.74, 6) is 1.37. The number of hydrogen-bond acceptors (Lipinski definition) is 3. The Balaban J connectivity index is 2.16. The van der Waals surface area contributed by atoms with E-state index in [2.05, 4.69) is 21.1 Å². The van der Waals surface area contributed by atoms with E-state index in [9.17, 15) is 0 Å². The topological polar surface area (TPSA) is 52.0 Å². The second-order valence-corrected chi connectivity index (χ2v) is 4.69. The lowest BCUT2D eigenvalue weighted by Gasteiger charge is -2.09. The van der Waals surface area contributed by atoms with E-state index in [1.807, 2.05) is 0 Å². The van der Waals surface area contributed by atoms with Crippen LogP contribution in [0.3, 0.4) is 0 Å². The zero-order valence-electron chi connectivity index (χ0n) is 8.13. The van der Waals surface area contributed by atoms with Gasteiger partial charge in [0.25, 0.3) is 0 Å². The van der Waals surface area contributed by atoms with Crippen LogP contribution >= 0.6 is 15.9 Å². The van der Waals surface area contributed by atoms with Crippen molar-refractivity contribution >= 4 is 21.6 Å². The number of nitrogen functional groups attached to an aromatic ring is 1. The van der Waals surface area contributed by atoms with Gasteiger partial charge >= 0.3 is 0 Å². The Bertz CT molecular complexity index is 303. The normalized spacial score (nSPS) is 19.5. The molecule has 14 heavy (non-hydrogen) atoms. The first-order chi connectivity index (χ1) is 6.79. The van der Waals surface area contributed by atoms with Gasteiger partial charge in [-0.3, -0.25) is 0 Å². The summed E-state index contributed by atoms with van der Waals surface area (Å²) in [7, 11) is 0. The molecule has 0 saturated heterocycles. The fourth-order valence-corrected chi connectivity index (χ4v) is 2.39. The first-order valence-corrected chi connectivity index (χ1v) is 5.99. The minimum atomic E-state index is 0.483. The molecule has 0 atom stereocenters. The van der Waals surface area contributed by atoms with E-state index in [-0.39, 0.29) is 0 Å². The average molecular weight is 259 g/mol. The molecule has 2 N–H and O–H groups in total. The SMILES string of the molecule is Nc1c(Br)noc1C1CCCCCC1. The minimum absolute atomic E-state index is 0.483. The fourth-order valence-electron chi connectivity index (χ4n) is 2.13. The molecule has 78 valence electrons. The number of anilines is 1. The summed E-state index contributed by atoms with van der Waals surface area (Å²) >= 11 is 3.27. The standard InChI is InChI=1S/C10H15BrN2O/c11-10-8(12)9(14-13-10)7-5-3-1-2-4-6-7/h7H,1-6,12H2. The van der Waals surface area contributed by atoms with E-state index in [4.69, 9.17) is 10.3 Å². The quantitative estimate of drug-likeness (QED) is 0.786. The molecule has 1 aliphatic rings. The Morgan fingerprint density at radius 2 is 1.86 bits per heavy atom. The largest absolute Gasteiger partial charge is 0.394 e. The maximum atomic E-state index is 5.88. The molecule has 4 heteroatoms. The molecule has 0 aromatic carbocycles. The summed E-state index contributed by atoms with van der Waals surface area (Å²) in [6, 6.07) is 0. The smallest absolute Gasteiger partial charge is 0.172 e. The lowest BCUT2D eigenvalue weighted by atomic mass is 9.97. The molecular weight excluding hydrogens is 244 g/mol. The number of hydrogen-bond donors (Lipinski definition) is 1. The molecule has 1 aromatic heterocycles. The summed E-state index contributed by atoms with van der Waals surface area (Å²) in [5.41, 5.74) is 6.57. The molecular formula is C10H15BrN2O. The van der Waals surface area contributed by atoms with Crippen molar-refractivity contribution < 1.29 is 4.52 Å². The second-order valence-electron chi connectivity index (χ2n) is 3.94. The second kappa shape index (κ2) is 4.34. The van der Waals surface area contributed by atoms with E-state index in [1.54, 1.807) is 0 Å². The highest BCUT2D eigenvalue weighted by Crippen LogP contribution is 2.36. The van der Waals surface area contributed by atoms with Crippen LogP contribution in [0.25, 0.3) is 0 Å². The molecule has 0 amide bonds. The number of halogens is 1. The van der Waals surface area contributed by atoms with Gasteiger partial charge in [0.2, 0.25) is 0 Å². The van der Waals surface area contributed by atoms with Crippen molar-refractivity contribution in [2.75, 3.05) is 5.73 Å². The van der Waals surface area contributed by atoms with E-state index in [0.717, 1.165) is 5.76 Å². The molecule has 0 bridgehead atoms. The molecule has 0 spiro atoms. The lowest BCUT2D eigenvalue weighted by Crippen LogP contribution is -1.99. The first kappa shape index (κ1) is 10.0. The van der Waals surface area contributed by atoms with E-state index in [0.29, 0.717) is 16.2 Å². The highest BCUT2D eigenvalue weighted by molar-refractivity contribution is 9.10. The first-order valence-electron chi connectivity index (χ1n) is 5.19. The van der Waals surface area contributed by atoms with Crippen LogP contribution in [0.5, 0.6) is 0 Å². The van der Waals surface area contributed by atoms with Gasteiger partial charge in [0.15, 0.2) is 10.4 Å². The van der Waals surface area contributed by atoms with Crippen LogP contribution in [-0.2, 0) is 0 Å². The molecule has 0 aliphatic heterocycles. The number of aromatic nitrogens is 1. The van der Waals surface area contributed by atoms with Gasteiger partial charge in [-0.1, -0.05) is 30.8 Å². The molecule has 1 fully saturated rings. The van der Waals surface area contributed by atoms with Gasteiger partial charge in [-0.15, -0.1) is 0 Å². The van der Waals surface area contributed by atoms with Crippen molar-refractivity contribution in [1.82, 2.24) is 5.16 Å². The molecule has 2 rings (SSSR count). The zero-order chi connectivity index (χ0) is 9.97. The lowest BCUT2D eigenvalue weighted by molar-refractivity contribution is 0.346. The van der Waals surface area contributed by atoms with Gasteiger partial charge in [0.05, 0.1) is 0 Å². The van der Waals surface area contributed by atoms with Crippen molar-refractivity contribution in [3.05, 3.63) is 10.4 Å². The van der Waals surface area contributed by atoms with Crippen molar-refractivity contribution in [2.45, 2.75) is 44.4 Å². The van der Waals surface area contributed by atoms with Crippen molar-refractivity contribution in [3.63, 3.8) is 0 Å². The Morgan fingerprint density at radius 1 is 1.21 bits per heavy atom. The third-order valence-electron chi connectivity index (χ3n) is 2.94. The Morgan fingerprint density at radius 3 is 2.36 bits per heavy atom. The molecule has 1 heterocycles. The van der Waals surface area contributed by atoms with E-state index in [1.165, 1.54) is 38.5 Å². The number of rotatable bonds is 1. The van der Waals surface area contributed by atoms with Gasteiger partial charge in [-0.05, 0) is 28.8 Å². The molecule has 0 unspecified atom stereocenters. The summed E-state index contributed by atoms with van der Waals surface area (Å²) in [6.07, 6.45) is 7.61. The van der Waals surface area contributed by atoms with E-state index < -0.39 is 0 Å². The predicted octanol–water partition coefficient (Wildman–Crippen LogP) is 3.46. The summed E-state index contributed by atoms with van der Waals surface area (Å²) in [5, 5.41) is 3.84. The van der Waals surface area contributed by atoms with Crippen LogP contribution in [0.4, 0.5) is 5.69 Å². The van der Waals surface area contributed by atoms with E-state index >= 15 is 0 Å². The highest BCUT2D eigenvalue weighted by Gasteiger charge is 2.22. The maximum absolute atomic E-state index is 5.88. The van der Waals surface area contributed by atoms with Crippen LogP contribution in [0.2, 0.25) is 0 Å². The van der Waals surface area contributed by atoms with Crippen molar-refractivity contribution in [2.24, 2.45) is 0 Å². The van der Waals surface area contributed by atoms with Gasteiger partial charge < -0.3 is 10.3 Å². The van der Waals surface area contributed by atoms with Crippen LogP contribution in [0.15, 0.2) is 9.13 Å². The molecule has 0 radical (unpaired) electrons. The molecule has 3 nitrogen and oxygen atoms in total. The Hall–Kier alpha value is -0.510. The van der Waals surface area contributed by atoms with Crippen molar-refractivity contribution in [1.29, 1.82) is 0 Å². The summed E-state index contributed by atoms with van der Waals surface area (Å²) < 4.78 is 5.92. The van der Waals surface area contributed by atoms with Gasteiger partial charge in [0, 0.05) is 5.92 Å². The maximum Gasteiger partial charge on any atom is 0.172 e. The predicted molar refractivity (Wildman–Crippen MR) is 59.1 cm³/mol. The minimum Gasteiger partial charge on any atom is -0.394 e. The molecule has 1 aromatic rings. The Labute approximate surface area is 92.2 Å². The van der Waals surface area contributed by atoms with Crippen LogP contribution in [0.1, 0.15) is 50.2 Å². The Kier molecular flexibility index (Phi) is 3.11. The summed E-state index contributed by atoms with van der Waals surface area (Å²) in [4.78, 5) is 0. The fraction of sp³-hybridized carbons (Fsp3) is 0.700. The van der Waals surface area contributed by atoms with Gasteiger partial charge in [-0.2, -0.15) is 0 Å². The molecule has 1 saturated carbocycles. The highest BCUT2D eigenvalue weighted by atomic mass is 79.9. The van der Waals surface area contributed by atoms with Gasteiger partial charge in [-0.25, -0.2) is 0 Å². The van der Waals surface area contributed by atoms with Crippen LogP contribution in [0, 0.1) is 0 Å². The van der Waals surface area contributed by atoms with Gasteiger partial charge in [0.1, 0.15) is 5.69 Å². The monoisotopic (exact) mass is 258 g/mol. The van der Waals surface area contributed by atoms with Crippen LogP contribution in [-0.4, -0.2) is 5.16 Å². The third kappa shape index (κ3) is 1.95. The molecule has 1 aliphatic carbocycles. The zero-order valence-corrected chi connectivity index (χ0v) is 9.72. The van der Waals surface area contributed by atoms with Crippen LogP contribution < -0.4 is 5.73 Å². The third-order valence-corrected chi connectivity index (χ3v) is 3.51. The number of nitrogens with two attached hydrogens (primary N) is 1. The van der Waals surface area contributed by atoms with Crippen molar-refractivity contribution in [3.8, 4) is 0 Å². The number of nitrogens with zero attached hydrogens (tertiary/aromatic N) is 1.